The lowest BCUT2D eigenvalue weighted by Crippen LogP contribution is -2.38. The molecule has 0 fully saturated rings. The SMILES string of the molecule is CCOC(=O)c1ccc2c(c(C=Cc3cccc(C(C)=O)c3)nn2C(c2ccccc2)(c2ccccc2)c2ccccc2)c1OC. The van der Waals surface area contributed by atoms with Gasteiger partial charge in [-0.1, -0.05) is 115 Å². The fourth-order valence-corrected chi connectivity index (χ4v) is 6.10. The van der Waals surface area contributed by atoms with Gasteiger partial charge >= 0.3 is 5.97 Å². The molecule has 0 N–H and O–H groups in total. The van der Waals surface area contributed by atoms with Gasteiger partial charge in [-0.25, -0.2) is 9.48 Å². The van der Waals surface area contributed by atoms with Crippen LogP contribution in [0.25, 0.3) is 23.1 Å². The molecule has 1 heterocycles. The number of ether oxygens (including phenoxy) is 2. The molecule has 0 radical (unpaired) electrons. The number of Topliss-reactive ketones (excluding diaryl/α,β-unsaturated/α-hetero) is 1. The number of hydrogen-bond donors (Lipinski definition) is 0. The zero-order valence-corrected chi connectivity index (χ0v) is 26.0. The van der Waals surface area contributed by atoms with Gasteiger partial charge in [-0.3, -0.25) is 4.79 Å². The molecule has 0 atom stereocenters. The minimum Gasteiger partial charge on any atom is -0.495 e. The van der Waals surface area contributed by atoms with E-state index in [4.69, 9.17) is 14.6 Å². The van der Waals surface area contributed by atoms with Crippen molar-refractivity contribution in [3.05, 3.63) is 166 Å². The molecule has 6 heteroatoms. The van der Waals surface area contributed by atoms with Crippen LogP contribution in [0.15, 0.2) is 127 Å². The monoisotopic (exact) mass is 606 g/mol. The van der Waals surface area contributed by atoms with Gasteiger partial charge in [-0.05, 0) is 60.4 Å². The Balaban J connectivity index is 1.73. The lowest BCUT2D eigenvalue weighted by molar-refractivity contribution is 0.0523. The number of aromatic nitrogens is 2. The molecule has 0 spiro atoms. The van der Waals surface area contributed by atoms with Crippen molar-refractivity contribution < 1.29 is 19.1 Å². The molecular formula is C40H34N2O4. The van der Waals surface area contributed by atoms with Gasteiger partial charge < -0.3 is 9.47 Å². The fourth-order valence-electron chi connectivity index (χ4n) is 6.10. The van der Waals surface area contributed by atoms with E-state index in [1.807, 2.05) is 95.7 Å². The van der Waals surface area contributed by atoms with Crippen LogP contribution >= 0.6 is 0 Å². The summed E-state index contributed by atoms with van der Waals surface area (Å²) >= 11 is 0. The summed E-state index contributed by atoms with van der Waals surface area (Å²) in [5.41, 5.74) is 5.26. The highest BCUT2D eigenvalue weighted by Gasteiger charge is 2.41. The summed E-state index contributed by atoms with van der Waals surface area (Å²) in [4.78, 5) is 25.3. The van der Waals surface area contributed by atoms with E-state index in [0.717, 1.165) is 27.8 Å². The first kappa shape index (κ1) is 30.3. The van der Waals surface area contributed by atoms with Gasteiger partial charge in [0.25, 0.3) is 0 Å². The molecule has 0 saturated heterocycles. The Labute approximate surface area is 268 Å². The van der Waals surface area contributed by atoms with E-state index in [9.17, 15) is 9.59 Å². The van der Waals surface area contributed by atoms with Gasteiger partial charge in [0.2, 0.25) is 0 Å². The fraction of sp³-hybridized carbons (Fsp3) is 0.125. The van der Waals surface area contributed by atoms with Crippen molar-refractivity contribution >= 4 is 34.8 Å². The third-order valence-corrected chi connectivity index (χ3v) is 8.15. The molecule has 0 saturated carbocycles. The number of esters is 1. The summed E-state index contributed by atoms with van der Waals surface area (Å²) in [5.74, 6) is -0.106. The Bertz CT molecular complexity index is 1930. The maximum Gasteiger partial charge on any atom is 0.341 e. The highest BCUT2D eigenvalue weighted by molar-refractivity contribution is 6.04. The second-order valence-electron chi connectivity index (χ2n) is 10.9. The average Bonchev–Trinajstić information content (AvgIpc) is 3.47. The molecule has 5 aromatic carbocycles. The van der Waals surface area contributed by atoms with E-state index in [2.05, 4.69) is 36.4 Å². The number of rotatable bonds is 10. The molecule has 0 amide bonds. The standard InChI is InChI=1S/C40H34N2O4/c1-4-46-39(44)34-24-26-36-37(38(34)45-3)35(25-23-29-15-14-16-30(27-29)28(2)43)41-42(36)40(31-17-8-5-9-18-31,32-19-10-6-11-20-32)33-21-12-7-13-22-33/h5-27H,4H2,1-3H3. The van der Waals surface area contributed by atoms with E-state index < -0.39 is 11.5 Å². The van der Waals surface area contributed by atoms with Crippen molar-refractivity contribution in [1.82, 2.24) is 9.78 Å². The van der Waals surface area contributed by atoms with Crippen LogP contribution in [0, 0.1) is 0 Å². The largest absolute Gasteiger partial charge is 0.495 e. The molecule has 46 heavy (non-hydrogen) atoms. The average molecular weight is 607 g/mol. The molecule has 0 aliphatic heterocycles. The Morgan fingerprint density at radius 3 is 1.87 bits per heavy atom. The van der Waals surface area contributed by atoms with Gasteiger partial charge in [-0.15, -0.1) is 0 Å². The minimum absolute atomic E-state index is 0.0101. The van der Waals surface area contributed by atoms with Gasteiger partial charge in [0.15, 0.2) is 5.78 Å². The van der Waals surface area contributed by atoms with E-state index in [1.165, 1.54) is 0 Å². The van der Waals surface area contributed by atoms with Gasteiger partial charge in [0.05, 0.1) is 30.3 Å². The number of benzene rings is 5. The maximum atomic E-state index is 13.1. The van der Waals surface area contributed by atoms with Crippen LogP contribution in [0.3, 0.4) is 0 Å². The van der Waals surface area contributed by atoms with Crippen molar-refractivity contribution in [2.75, 3.05) is 13.7 Å². The molecule has 6 rings (SSSR count). The molecule has 6 nitrogen and oxygen atoms in total. The van der Waals surface area contributed by atoms with Gasteiger partial charge in [0.1, 0.15) is 16.9 Å². The highest BCUT2D eigenvalue weighted by atomic mass is 16.5. The molecule has 0 unspecified atom stereocenters. The number of hydrogen-bond acceptors (Lipinski definition) is 5. The topological polar surface area (TPSA) is 70.4 Å². The molecule has 0 aliphatic rings. The number of carbonyl (C=O) groups is 2. The molecule has 6 aromatic rings. The van der Waals surface area contributed by atoms with Crippen molar-refractivity contribution in [2.24, 2.45) is 0 Å². The lowest BCUT2D eigenvalue weighted by atomic mass is 9.77. The normalized spacial score (nSPS) is 11.5. The first-order valence-electron chi connectivity index (χ1n) is 15.2. The predicted octanol–water partition coefficient (Wildman–Crippen LogP) is 8.43. The predicted molar refractivity (Wildman–Crippen MR) is 182 cm³/mol. The Morgan fingerprint density at radius 2 is 1.35 bits per heavy atom. The summed E-state index contributed by atoms with van der Waals surface area (Å²) in [7, 11) is 1.55. The number of methoxy groups -OCH3 is 1. The third kappa shape index (κ3) is 5.39. The summed E-state index contributed by atoms with van der Waals surface area (Å²) in [6.07, 6.45) is 3.82. The molecule has 228 valence electrons. The van der Waals surface area contributed by atoms with E-state index >= 15 is 0 Å². The second kappa shape index (κ2) is 13.1. The number of nitrogens with zero attached hydrogens (tertiary/aromatic N) is 2. The minimum atomic E-state index is -0.904. The first-order chi connectivity index (χ1) is 22.5. The summed E-state index contributed by atoms with van der Waals surface area (Å²) in [6.45, 7) is 3.56. The third-order valence-electron chi connectivity index (χ3n) is 8.15. The number of fused-ring (bicyclic) bond motifs is 1. The van der Waals surface area contributed by atoms with Crippen molar-refractivity contribution in [2.45, 2.75) is 19.4 Å². The zero-order valence-electron chi connectivity index (χ0n) is 26.0. The smallest absolute Gasteiger partial charge is 0.341 e. The Kier molecular flexibility index (Phi) is 8.61. The van der Waals surface area contributed by atoms with Gasteiger partial charge in [0, 0.05) is 5.56 Å². The first-order valence-corrected chi connectivity index (χ1v) is 15.2. The van der Waals surface area contributed by atoms with E-state index in [-0.39, 0.29) is 12.4 Å². The van der Waals surface area contributed by atoms with Crippen LogP contribution in [0.4, 0.5) is 0 Å². The molecular weight excluding hydrogens is 572 g/mol. The second-order valence-corrected chi connectivity index (χ2v) is 10.9. The molecule has 0 bridgehead atoms. The van der Waals surface area contributed by atoms with Crippen LogP contribution in [0.2, 0.25) is 0 Å². The van der Waals surface area contributed by atoms with E-state index in [1.54, 1.807) is 33.1 Å². The zero-order chi connectivity index (χ0) is 32.1. The molecule has 1 aromatic heterocycles. The van der Waals surface area contributed by atoms with Crippen LogP contribution in [-0.4, -0.2) is 35.2 Å². The number of carbonyl (C=O) groups excluding carboxylic acids is 2. The van der Waals surface area contributed by atoms with Gasteiger partial charge in [-0.2, -0.15) is 5.10 Å². The van der Waals surface area contributed by atoms with Crippen molar-refractivity contribution in [3.63, 3.8) is 0 Å². The number of ketones is 1. The van der Waals surface area contributed by atoms with Crippen molar-refractivity contribution in [3.8, 4) is 5.75 Å². The van der Waals surface area contributed by atoms with Crippen molar-refractivity contribution in [1.29, 1.82) is 0 Å². The summed E-state index contributed by atoms with van der Waals surface area (Å²) < 4.78 is 13.4. The summed E-state index contributed by atoms with van der Waals surface area (Å²) in [5, 5.41) is 6.02. The highest BCUT2D eigenvalue weighted by Crippen LogP contribution is 2.45. The van der Waals surface area contributed by atoms with Crippen LogP contribution in [0.1, 0.15) is 62.5 Å². The van der Waals surface area contributed by atoms with Crippen LogP contribution in [0.5, 0.6) is 5.75 Å². The van der Waals surface area contributed by atoms with Crippen LogP contribution < -0.4 is 4.74 Å². The van der Waals surface area contributed by atoms with E-state index in [0.29, 0.717) is 28.0 Å². The van der Waals surface area contributed by atoms with Crippen LogP contribution in [-0.2, 0) is 10.3 Å². The lowest BCUT2D eigenvalue weighted by Gasteiger charge is -2.37. The summed E-state index contributed by atoms with van der Waals surface area (Å²) in [6, 6.07) is 42.0. The quantitative estimate of drug-likeness (QED) is 0.0889. The molecule has 0 aliphatic carbocycles. The Hall–Kier alpha value is -5.75. The maximum absolute atomic E-state index is 13.1. The Morgan fingerprint density at radius 1 is 0.761 bits per heavy atom.